The van der Waals surface area contributed by atoms with Crippen molar-refractivity contribution in [1.29, 1.82) is 0 Å². The van der Waals surface area contributed by atoms with E-state index in [4.69, 9.17) is 21.1 Å². The lowest BCUT2D eigenvalue weighted by molar-refractivity contribution is 0.410. The number of fused-ring (bicyclic) bond motifs is 1. The highest BCUT2D eigenvalue weighted by molar-refractivity contribution is 9.10. The van der Waals surface area contributed by atoms with Crippen LogP contribution in [0.25, 0.3) is 10.9 Å². The molecule has 0 fully saturated rings. The first kappa shape index (κ1) is 11.5. The van der Waals surface area contributed by atoms with Gasteiger partial charge in [-0.15, -0.1) is 0 Å². The summed E-state index contributed by atoms with van der Waals surface area (Å²) in [4.78, 5) is 4.27. The van der Waals surface area contributed by atoms with Crippen molar-refractivity contribution in [2.24, 2.45) is 0 Å². The van der Waals surface area contributed by atoms with Gasteiger partial charge in [-0.1, -0.05) is 11.6 Å². The van der Waals surface area contributed by atoms with E-state index in [1.165, 1.54) is 0 Å². The van der Waals surface area contributed by atoms with Crippen LogP contribution in [0.5, 0.6) is 11.5 Å². The van der Waals surface area contributed by atoms with Gasteiger partial charge in [0.2, 0.25) is 0 Å². The molecule has 0 aliphatic carbocycles. The van der Waals surface area contributed by atoms with E-state index in [0.29, 0.717) is 16.5 Å². The molecule has 2 aromatic rings. The number of hydrogen-bond donors (Lipinski definition) is 0. The number of rotatable bonds is 2. The van der Waals surface area contributed by atoms with Crippen molar-refractivity contribution in [2.75, 3.05) is 14.2 Å². The predicted molar refractivity (Wildman–Crippen MR) is 67.6 cm³/mol. The van der Waals surface area contributed by atoms with Crippen molar-refractivity contribution >= 4 is 38.4 Å². The zero-order chi connectivity index (χ0) is 11.7. The Bertz CT molecular complexity index is 545. The fourth-order valence-corrected chi connectivity index (χ4v) is 2.32. The number of halogens is 2. The highest BCUT2D eigenvalue weighted by Gasteiger charge is 2.15. The van der Waals surface area contributed by atoms with Crippen LogP contribution in [0, 0.1) is 0 Å². The number of ether oxygens (including phenoxy) is 2. The van der Waals surface area contributed by atoms with Crippen molar-refractivity contribution in [2.45, 2.75) is 0 Å². The quantitative estimate of drug-likeness (QED) is 0.848. The average molecular weight is 303 g/mol. The van der Waals surface area contributed by atoms with Crippen LogP contribution >= 0.6 is 27.5 Å². The third-order valence-corrected chi connectivity index (χ3v) is 3.20. The summed E-state index contributed by atoms with van der Waals surface area (Å²) in [5.74, 6) is 1.22. The molecule has 0 aliphatic rings. The molecular formula is C11H9BrClNO2. The van der Waals surface area contributed by atoms with Gasteiger partial charge in [0, 0.05) is 16.7 Å². The fraction of sp³-hybridized carbons (Fsp3) is 0.182. The van der Waals surface area contributed by atoms with Gasteiger partial charge in [0.1, 0.15) is 17.0 Å². The number of benzene rings is 1. The van der Waals surface area contributed by atoms with Gasteiger partial charge in [-0.2, -0.15) is 0 Å². The Morgan fingerprint density at radius 2 is 2.06 bits per heavy atom. The summed E-state index contributed by atoms with van der Waals surface area (Å²) < 4.78 is 11.4. The second-order valence-electron chi connectivity index (χ2n) is 3.11. The number of aromatic nitrogens is 1. The first-order valence-corrected chi connectivity index (χ1v) is 5.70. The number of nitrogens with zero attached hydrogens (tertiary/aromatic N) is 1. The molecule has 5 heteroatoms. The largest absolute Gasteiger partial charge is 0.494 e. The molecule has 84 valence electrons. The zero-order valence-electron chi connectivity index (χ0n) is 8.75. The molecule has 3 nitrogen and oxygen atoms in total. The summed E-state index contributed by atoms with van der Waals surface area (Å²) in [5.41, 5.74) is 0.720. The average Bonchev–Trinajstić information content (AvgIpc) is 2.29. The molecule has 0 spiro atoms. The van der Waals surface area contributed by atoms with Crippen LogP contribution in [0.2, 0.25) is 5.02 Å². The van der Waals surface area contributed by atoms with Crippen LogP contribution in [-0.2, 0) is 0 Å². The Hall–Kier alpha value is -1.00. The molecule has 0 saturated carbocycles. The van der Waals surface area contributed by atoms with Gasteiger partial charge >= 0.3 is 0 Å². The van der Waals surface area contributed by atoms with Crippen molar-refractivity contribution in [3.63, 3.8) is 0 Å². The second-order valence-corrected chi connectivity index (χ2v) is 4.37. The number of hydrogen-bond acceptors (Lipinski definition) is 3. The van der Waals surface area contributed by atoms with Gasteiger partial charge < -0.3 is 9.47 Å². The van der Waals surface area contributed by atoms with E-state index in [-0.39, 0.29) is 0 Å². The molecule has 0 N–H and O–H groups in total. The summed E-state index contributed by atoms with van der Waals surface area (Å²) in [6, 6.07) is 3.53. The minimum absolute atomic E-state index is 0.501. The van der Waals surface area contributed by atoms with E-state index >= 15 is 0 Å². The molecule has 1 aromatic heterocycles. The van der Waals surface area contributed by atoms with Gasteiger partial charge in [0.05, 0.1) is 24.6 Å². The highest BCUT2D eigenvalue weighted by Crippen LogP contribution is 2.41. The Labute approximate surface area is 106 Å². The Morgan fingerprint density at radius 1 is 1.31 bits per heavy atom. The lowest BCUT2D eigenvalue weighted by Gasteiger charge is -2.11. The third-order valence-electron chi connectivity index (χ3n) is 2.26. The first-order valence-electron chi connectivity index (χ1n) is 4.53. The molecule has 0 amide bonds. The minimum Gasteiger partial charge on any atom is -0.494 e. The number of pyridine rings is 1. The second kappa shape index (κ2) is 4.47. The van der Waals surface area contributed by atoms with Crippen molar-refractivity contribution in [3.8, 4) is 11.5 Å². The number of methoxy groups -OCH3 is 2. The van der Waals surface area contributed by atoms with Gasteiger partial charge in [-0.3, -0.25) is 4.98 Å². The Balaban J connectivity index is 2.94. The molecule has 0 radical (unpaired) electrons. The maximum atomic E-state index is 6.11. The first-order chi connectivity index (χ1) is 7.69. The van der Waals surface area contributed by atoms with Crippen molar-refractivity contribution < 1.29 is 9.47 Å². The molecule has 1 heterocycles. The van der Waals surface area contributed by atoms with Gasteiger partial charge in [-0.05, 0) is 22.0 Å². The lowest BCUT2D eigenvalue weighted by atomic mass is 10.2. The molecule has 0 atom stereocenters. The highest BCUT2D eigenvalue weighted by atomic mass is 79.9. The summed E-state index contributed by atoms with van der Waals surface area (Å²) in [7, 11) is 3.16. The molecule has 2 rings (SSSR count). The van der Waals surface area contributed by atoms with Gasteiger partial charge in [-0.25, -0.2) is 0 Å². The van der Waals surface area contributed by atoms with Gasteiger partial charge in [0.15, 0.2) is 0 Å². The molecule has 0 unspecified atom stereocenters. The van der Waals surface area contributed by atoms with Crippen LogP contribution in [0.1, 0.15) is 0 Å². The molecule has 1 aromatic carbocycles. The maximum absolute atomic E-state index is 6.11. The standard InChI is InChI=1S/C11H9BrClNO2/c1-15-8-5-7(13)11(16-2)9-6(12)3-4-14-10(8)9/h3-5H,1-2H3. The molecule has 0 saturated heterocycles. The molecule has 0 bridgehead atoms. The monoisotopic (exact) mass is 301 g/mol. The van der Waals surface area contributed by atoms with E-state index in [1.54, 1.807) is 26.5 Å². The summed E-state index contributed by atoms with van der Waals surface area (Å²) in [5, 5.41) is 1.31. The van der Waals surface area contributed by atoms with Crippen LogP contribution in [0.3, 0.4) is 0 Å². The summed E-state index contributed by atoms with van der Waals surface area (Å²) in [6.45, 7) is 0. The molecule has 16 heavy (non-hydrogen) atoms. The van der Waals surface area contributed by atoms with E-state index in [1.807, 2.05) is 6.07 Å². The Kier molecular flexibility index (Phi) is 3.21. The van der Waals surface area contributed by atoms with Crippen LogP contribution in [-0.4, -0.2) is 19.2 Å². The Morgan fingerprint density at radius 3 is 2.69 bits per heavy atom. The van der Waals surface area contributed by atoms with E-state index in [9.17, 15) is 0 Å². The topological polar surface area (TPSA) is 31.4 Å². The van der Waals surface area contributed by atoms with E-state index < -0.39 is 0 Å². The van der Waals surface area contributed by atoms with E-state index in [0.717, 1.165) is 15.4 Å². The molecular weight excluding hydrogens is 293 g/mol. The van der Waals surface area contributed by atoms with E-state index in [2.05, 4.69) is 20.9 Å². The van der Waals surface area contributed by atoms with Crippen molar-refractivity contribution in [1.82, 2.24) is 4.98 Å². The summed E-state index contributed by atoms with van der Waals surface area (Å²) >= 11 is 9.56. The van der Waals surface area contributed by atoms with Crippen LogP contribution in [0.4, 0.5) is 0 Å². The SMILES string of the molecule is COc1cc(Cl)c(OC)c2c(Br)ccnc12. The molecule has 0 aliphatic heterocycles. The lowest BCUT2D eigenvalue weighted by Crippen LogP contribution is -1.93. The fourth-order valence-electron chi connectivity index (χ4n) is 1.56. The van der Waals surface area contributed by atoms with Crippen LogP contribution < -0.4 is 9.47 Å². The predicted octanol–water partition coefficient (Wildman–Crippen LogP) is 3.67. The smallest absolute Gasteiger partial charge is 0.148 e. The minimum atomic E-state index is 0.501. The summed E-state index contributed by atoms with van der Waals surface area (Å²) in [6.07, 6.45) is 1.70. The van der Waals surface area contributed by atoms with Crippen LogP contribution in [0.15, 0.2) is 22.8 Å². The third kappa shape index (κ3) is 1.72. The zero-order valence-corrected chi connectivity index (χ0v) is 11.1. The van der Waals surface area contributed by atoms with Gasteiger partial charge in [0.25, 0.3) is 0 Å². The maximum Gasteiger partial charge on any atom is 0.148 e. The van der Waals surface area contributed by atoms with Crippen molar-refractivity contribution in [3.05, 3.63) is 27.8 Å². The normalized spacial score (nSPS) is 10.5.